The van der Waals surface area contributed by atoms with Gasteiger partial charge in [0.25, 0.3) is 0 Å². The van der Waals surface area contributed by atoms with Crippen molar-refractivity contribution in [2.24, 2.45) is 0 Å². The van der Waals surface area contributed by atoms with Gasteiger partial charge in [0.2, 0.25) is 5.58 Å². The van der Waals surface area contributed by atoms with E-state index in [1.165, 1.54) is 12.1 Å². The minimum atomic E-state index is -0.532. The van der Waals surface area contributed by atoms with E-state index in [2.05, 4.69) is 28.2 Å². The number of aromatic nitrogens is 1. The van der Waals surface area contributed by atoms with Crippen LogP contribution in [0.25, 0.3) is 11.0 Å². The van der Waals surface area contributed by atoms with Gasteiger partial charge in [-0.2, -0.15) is 0 Å². The average Bonchev–Trinajstić information content (AvgIpc) is 3.00. The molecule has 1 aromatic carbocycles. The monoisotopic (exact) mass is 340 g/mol. The van der Waals surface area contributed by atoms with E-state index in [0.717, 1.165) is 23.9 Å². The predicted octanol–water partition coefficient (Wildman–Crippen LogP) is 1.66. The summed E-state index contributed by atoms with van der Waals surface area (Å²) in [7, 11) is 0. The molecule has 2 amide bonds. The number of para-hydroxylation sites is 1. The van der Waals surface area contributed by atoms with Crippen LogP contribution in [0, 0.1) is 5.82 Å². The zero-order valence-corrected chi connectivity index (χ0v) is 13.3. The lowest BCUT2D eigenvalue weighted by atomic mass is 10.2. The summed E-state index contributed by atoms with van der Waals surface area (Å²) >= 11 is 4.13. The minimum Gasteiger partial charge on any atom is -0.379 e. The molecule has 0 spiro atoms. The number of carbonyl (C=O) groups excluding carboxylic acids is 1. The molecule has 0 saturated carbocycles. The highest BCUT2D eigenvalue weighted by molar-refractivity contribution is 7.82. The van der Waals surface area contributed by atoms with Crippen LogP contribution >= 0.6 is 12.8 Å². The second-order valence-corrected chi connectivity index (χ2v) is 5.52. The van der Waals surface area contributed by atoms with Crippen LogP contribution in [0.3, 0.4) is 0 Å². The highest BCUT2D eigenvalue weighted by Crippen LogP contribution is 2.28. The number of thiol groups is 1. The standard InChI is InChI=1S/C14H17FN4O3S/c15-11-3-1-2-10-12(11)22-17-13(10)19(23)14(20)16-4-5-18-6-8-21-9-7-18/h1-3,23H,4-9H2,(H,16,20). The molecule has 0 unspecified atom stereocenters. The van der Waals surface area contributed by atoms with Gasteiger partial charge in [-0.05, 0) is 12.1 Å². The van der Waals surface area contributed by atoms with Crippen molar-refractivity contribution in [2.75, 3.05) is 43.7 Å². The summed E-state index contributed by atoms with van der Waals surface area (Å²) in [6.07, 6.45) is 0. The maximum atomic E-state index is 13.6. The smallest absolute Gasteiger partial charge is 0.333 e. The molecule has 2 heterocycles. The third kappa shape index (κ3) is 3.57. The van der Waals surface area contributed by atoms with Gasteiger partial charge in [0.05, 0.1) is 18.6 Å². The van der Waals surface area contributed by atoms with E-state index in [1.54, 1.807) is 6.07 Å². The molecule has 23 heavy (non-hydrogen) atoms. The normalized spacial score (nSPS) is 15.7. The van der Waals surface area contributed by atoms with Gasteiger partial charge in [0.1, 0.15) is 0 Å². The summed E-state index contributed by atoms with van der Waals surface area (Å²) in [5.74, 6) is -0.373. The Morgan fingerprint density at radius 1 is 1.43 bits per heavy atom. The number of nitrogens with zero attached hydrogens (tertiary/aromatic N) is 3. The van der Waals surface area contributed by atoms with Crippen molar-refractivity contribution in [3.8, 4) is 0 Å². The van der Waals surface area contributed by atoms with Crippen molar-refractivity contribution in [1.29, 1.82) is 0 Å². The molecule has 7 nitrogen and oxygen atoms in total. The number of carbonyl (C=O) groups is 1. The van der Waals surface area contributed by atoms with Gasteiger partial charge in [-0.1, -0.05) is 24.0 Å². The zero-order chi connectivity index (χ0) is 16.2. The molecule has 0 bridgehead atoms. The third-order valence-electron chi connectivity index (χ3n) is 3.63. The van der Waals surface area contributed by atoms with Gasteiger partial charge in [-0.3, -0.25) is 4.90 Å². The largest absolute Gasteiger partial charge is 0.379 e. The number of anilines is 1. The number of rotatable bonds is 4. The van der Waals surface area contributed by atoms with Gasteiger partial charge >= 0.3 is 6.03 Å². The number of ether oxygens (including phenoxy) is 1. The minimum absolute atomic E-state index is 0.00247. The number of benzene rings is 1. The summed E-state index contributed by atoms with van der Waals surface area (Å²) in [6, 6.07) is 3.97. The Labute approximate surface area is 137 Å². The first kappa shape index (κ1) is 16.0. The molecule has 0 atom stereocenters. The van der Waals surface area contributed by atoms with Gasteiger partial charge in [0, 0.05) is 26.2 Å². The molecule has 0 aliphatic carbocycles. The molecule has 1 saturated heterocycles. The number of halogens is 1. The molecule has 124 valence electrons. The van der Waals surface area contributed by atoms with Crippen molar-refractivity contribution in [1.82, 2.24) is 15.4 Å². The average molecular weight is 340 g/mol. The molecule has 0 radical (unpaired) electrons. The molecule has 2 aromatic rings. The van der Waals surface area contributed by atoms with Crippen LogP contribution < -0.4 is 9.62 Å². The van der Waals surface area contributed by atoms with Crippen LogP contribution in [-0.2, 0) is 4.74 Å². The number of hydrogen-bond acceptors (Lipinski definition) is 6. The SMILES string of the molecule is O=C(NCCN1CCOCC1)N(S)c1noc2c(F)cccc12. The summed E-state index contributed by atoms with van der Waals surface area (Å²) in [4.78, 5) is 14.3. The highest BCUT2D eigenvalue weighted by Gasteiger charge is 2.21. The van der Waals surface area contributed by atoms with Crippen molar-refractivity contribution in [2.45, 2.75) is 0 Å². The Morgan fingerprint density at radius 3 is 3.00 bits per heavy atom. The summed E-state index contributed by atoms with van der Waals surface area (Å²) < 4.78 is 24.8. The summed E-state index contributed by atoms with van der Waals surface area (Å²) in [6.45, 7) is 4.33. The zero-order valence-electron chi connectivity index (χ0n) is 12.4. The van der Waals surface area contributed by atoms with Crippen molar-refractivity contribution in [3.63, 3.8) is 0 Å². The first-order chi connectivity index (χ1) is 11.2. The van der Waals surface area contributed by atoms with Crippen LogP contribution in [0.1, 0.15) is 0 Å². The molecule has 1 aromatic heterocycles. The van der Waals surface area contributed by atoms with E-state index in [1.807, 2.05) is 0 Å². The number of fused-ring (bicyclic) bond motifs is 1. The second-order valence-electron chi connectivity index (χ2n) is 5.12. The summed E-state index contributed by atoms with van der Waals surface area (Å²) in [5.41, 5.74) is 0.00247. The Balaban J connectivity index is 1.59. The molecule has 1 N–H and O–H groups in total. The van der Waals surface area contributed by atoms with Crippen LogP contribution in [0.15, 0.2) is 22.7 Å². The van der Waals surface area contributed by atoms with E-state index in [4.69, 9.17) is 9.26 Å². The van der Waals surface area contributed by atoms with Crippen molar-refractivity contribution >= 4 is 35.6 Å². The molecule has 1 fully saturated rings. The third-order valence-corrected chi connectivity index (χ3v) is 4.00. The fourth-order valence-electron chi connectivity index (χ4n) is 2.39. The maximum Gasteiger partial charge on any atom is 0.333 e. The fraction of sp³-hybridized carbons (Fsp3) is 0.429. The van der Waals surface area contributed by atoms with Crippen LogP contribution in [0.5, 0.6) is 0 Å². The topological polar surface area (TPSA) is 70.8 Å². The number of morpholine rings is 1. The lowest BCUT2D eigenvalue weighted by Crippen LogP contribution is -2.43. The van der Waals surface area contributed by atoms with Crippen LogP contribution in [0.4, 0.5) is 15.0 Å². The Morgan fingerprint density at radius 2 is 2.22 bits per heavy atom. The lowest BCUT2D eigenvalue weighted by molar-refractivity contribution is 0.0388. The molecule has 1 aliphatic heterocycles. The van der Waals surface area contributed by atoms with Crippen LogP contribution in [-0.4, -0.2) is 55.5 Å². The van der Waals surface area contributed by atoms with Gasteiger partial charge in [-0.15, -0.1) is 0 Å². The van der Waals surface area contributed by atoms with Gasteiger partial charge in [0.15, 0.2) is 11.6 Å². The fourth-order valence-corrected chi connectivity index (χ4v) is 2.60. The van der Waals surface area contributed by atoms with Crippen molar-refractivity contribution in [3.05, 3.63) is 24.0 Å². The van der Waals surface area contributed by atoms with E-state index >= 15 is 0 Å². The quantitative estimate of drug-likeness (QED) is 0.829. The van der Waals surface area contributed by atoms with Crippen LogP contribution in [0.2, 0.25) is 0 Å². The predicted molar refractivity (Wildman–Crippen MR) is 86.1 cm³/mol. The van der Waals surface area contributed by atoms with Gasteiger partial charge < -0.3 is 14.6 Å². The van der Waals surface area contributed by atoms with E-state index in [0.29, 0.717) is 25.1 Å². The Hall–Kier alpha value is -1.84. The highest BCUT2D eigenvalue weighted by atomic mass is 32.1. The molecular formula is C14H17FN4O3S. The summed E-state index contributed by atoms with van der Waals surface area (Å²) in [5, 5.41) is 6.86. The number of urea groups is 1. The number of nitrogens with one attached hydrogen (secondary N) is 1. The Bertz CT molecular complexity index is 690. The van der Waals surface area contributed by atoms with E-state index in [-0.39, 0.29) is 11.4 Å². The second kappa shape index (κ2) is 7.16. The molecule has 1 aliphatic rings. The maximum absolute atomic E-state index is 13.6. The number of hydrogen-bond donors (Lipinski definition) is 2. The van der Waals surface area contributed by atoms with E-state index < -0.39 is 11.8 Å². The Kier molecular flexibility index (Phi) is 4.99. The molecule has 9 heteroatoms. The van der Waals surface area contributed by atoms with Gasteiger partial charge in [-0.25, -0.2) is 13.5 Å². The molecular weight excluding hydrogens is 323 g/mol. The number of amides is 2. The molecule has 3 rings (SSSR count). The van der Waals surface area contributed by atoms with Crippen molar-refractivity contribution < 1.29 is 18.4 Å². The first-order valence-electron chi connectivity index (χ1n) is 7.27. The van der Waals surface area contributed by atoms with E-state index in [9.17, 15) is 9.18 Å². The first-order valence-corrected chi connectivity index (χ1v) is 7.67. The lowest BCUT2D eigenvalue weighted by Gasteiger charge is -2.26.